The number of thiazole rings is 1. The van der Waals surface area contributed by atoms with Gasteiger partial charge in [0.1, 0.15) is 22.2 Å². The lowest BCUT2D eigenvalue weighted by atomic mass is 10.2. The van der Waals surface area contributed by atoms with Gasteiger partial charge in [0.2, 0.25) is 0 Å². The van der Waals surface area contributed by atoms with Gasteiger partial charge in [0.25, 0.3) is 5.91 Å². The fourth-order valence-corrected chi connectivity index (χ4v) is 4.62. The maximum atomic E-state index is 12.7. The summed E-state index contributed by atoms with van der Waals surface area (Å²) >= 11 is 1.47. The van der Waals surface area contributed by atoms with Crippen LogP contribution in [0.25, 0.3) is 10.6 Å². The van der Waals surface area contributed by atoms with Gasteiger partial charge in [-0.25, -0.2) is 4.98 Å². The molecule has 2 heterocycles. The number of anilines is 2. The second-order valence-electron chi connectivity index (χ2n) is 8.27. The Morgan fingerprint density at radius 1 is 0.882 bits per heavy atom. The van der Waals surface area contributed by atoms with Crippen molar-refractivity contribution < 1.29 is 9.53 Å². The minimum Gasteiger partial charge on any atom is -0.457 e. The van der Waals surface area contributed by atoms with Gasteiger partial charge in [-0.1, -0.05) is 18.2 Å². The molecule has 0 saturated carbocycles. The third-order valence-corrected chi connectivity index (χ3v) is 6.70. The highest BCUT2D eigenvalue weighted by Crippen LogP contribution is 2.27. The van der Waals surface area contributed by atoms with Gasteiger partial charge in [-0.3, -0.25) is 4.79 Å². The van der Waals surface area contributed by atoms with E-state index in [0.717, 1.165) is 42.5 Å². The number of carbonyl (C=O) groups excluding carboxylic acids is 1. The number of amides is 1. The molecule has 1 saturated heterocycles. The van der Waals surface area contributed by atoms with Crippen molar-refractivity contribution in [3.8, 4) is 22.1 Å². The van der Waals surface area contributed by atoms with Gasteiger partial charge < -0.3 is 19.9 Å². The molecule has 7 heteroatoms. The molecule has 0 aliphatic carbocycles. The molecule has 0 spiro atoms. The number of piperazine rings is 1. The van der Waals surface area contributed by atoms with Crippen LogP contribution in [0.5, 0.6) is 11.5 Å². The molecule has 0 radical (unpaired) electrons. The summed E-state index contributed by atoms with van der Waals surface area (Å²) in [6.07, 6.45) is 0. The molecule has 172 valence electrons. The van der Waals surface area contributed by atoms with Crippen LogP contribution in [0.1, 0.15) is 10.5 Å². The first-order valence-corrected chi connectivity index (χ1v) is 12.2. The first-order chi connectivity index (χ1) is 16.6. The molecular weight excluding hydrogens is 444 g/mol. The molecule has 4 aromatic rings. The predicted molar refractivity (Wildman–Crippen MR) is 138 cm³/mol. The van der Waals surface area contributed by atoms with Crippen molar-refractivity contribution in [2.75, 3.05) is 43.4 Å². The van der Waals surface area contributed by atoms with Crippen molar-refractivity contribution in [2.24, 2.45) is 0 Å². The van der Waals surface area contributed by atoms with E-state index in [1.165, 1.54) is 17.0 Å². The van der Waals surface area contributed by atoms with Gasteiger partial charge in [0.15, 0.2) is 0 Å². The van der Waals surface area contributed by atoms with Gasteiger partial charge in [0, 0.05) is 48.5 Å². The highest BCUT2D eigenvalue weighted by Gasteiger charge is 2.16. The maximum absolute atomic E-state index is 12.7. The number of hydrogen-bond acceptors (Lipinski definition) is 6. The maximum Gasteiger partial charge on any atom is 0.275 e. The highest BCUT2D eigenvalue weighted by molar-refractivity contribution is 7.13. The van der Waals surface area contributed by atoms with Crippen LogP contribution in [0.15, 0.2) is 84.2 Å². The smallest absolute Gasteiger partial charge is 0.275 e. The fourth-order valence-electron chi connectivity index (χ4n) is 3.82. The minimum atomic E-state index is -0.228. The van der Waals surface area contributed by atoms with E-state index in [2.05, 4.69) is 51.4 Å². The number of ether oxygens (including phenoxy) is 1. The molecule has 1 aliphatic rings. The zero-order valence-electron chi connectivity index (χ0n) is 19.0. The van der Waals surface area contributed by atoms with E-state index in [4.69, 9.17) is 4.74 Å². The normalized spacial score (nSPS) is 14.1. The predicted octanol–water partition coefficient (Wildman–Crippen LogP) is 5.61. The number of rotatable bonds is 6. The summed E-state index contributed by atoms with van der Waals surface area (Å²) < 4.78 is 5.80. The Morgan fingerprint density at radius 2 is 1.56 bits per heavy atom. The van der Waals surface area contributed by atoms with Crippen LogP contribution in [-0.2, 0) is 0 Å². The van der Waals surface area contributed by atoms with E-state index in [0.29, 0.717) is 17.1 Å². The number of aromatic nitrogens is 1. The van der Waals surface area contributed by atoms with Gasteiger partial charge in [-0.05, 0) is 67.7 Å². The summed E-state index contributed by atoms with van der Waals surface area (Å²) in [5.74, 6) is 1.25. The summed E-state index contributed by atoms with van der Waals surface area (Å²) in [7, 11) is 2.16. The Labute approximate surface area is 203 Å². The third-order valence-electron chi connectivity index (χ3n) is 5.81. The zero-order chi connectivity index (χ0) is 23.3. The number of carbonyl (C=O) groups is 1. The molecule has 1 aliphatic heterocycles. The largest absolute Gasteiger partial charge is 0.457 e. The molecule has 5 rings (SSSR count). The Balaban J connectivity index is 1.20. The number of hydrogen-bond donors (Lipinski definition) is 1. The number of likely N-dealkylation sites (N-methyl/N-ethyl adjacent to an activating group) is 1. The molecule has 0 atom stereocenters. The topological polar surface area (TPSA) is 57.7 Å². The van der Waals surface area contributed by atoms with Crippen molar-refractivity contribution in [1.82, 2.24) is 9.88 Å². The van der Waals surface area contributed by atoms with Crippen molar-refractivity contribution >= 4 is 28.6 Å². The van der Waals surface area contributed by atoms with Crippen LogP contribution >= 0.6 is 11.3 Å². The molecule has 34 heavy (non-hydrogen) atoms. The number of nitrogens with zero attached hydrogens (tertiary/aromatic N) is 3. The first-order valence-electron chi connectivity index (χ1n) is 11.3. The van der Waals surface area contributed by atoms with Gasteiger partial charge in [-0.15, -0.1) is 11.3 Å². The van der Waals surface area contributed by atoms with Crippen molar-refractivity contribution in [3.63, 3.8) is 0 Å². The number of para-hydroxylation sites is 1. The van der Waals surface area contributed by atoms with E-state index >= 15 is 0 Å². The van der Waals surface area contributed by atoms with Gasteiger partial charge >= 0.3 is 0 Å². The van der Waals surface area contributed by atoms with Crippen LogP contribution in [0.3, 0.4) is 0 Å². The molecule has 1 N–H and O–H groups in total. The van der Waals surface area contributed by atoms with E-state index < -0.39 is 0 Å². The lowest BCUT2D eigenvalue weighted by Crippen LogP contribution is -2.44. The van der Waals surface area contributed by atoms with Crippen LogP contribution in [0, 0.1) is 0 Å². The second-order valence-corrected chi connectivity index (χ2v) is 9.13. The van der Waals surface area contributed by atoms with Gasteiger partial charge in [0.05, 0.1) is 0 Å². The second kappa shape index (κ2) is 10.1. The van der Waals surface area contributed by atoms with E-state index in [1.54, 1.807) is 5.38 Å². The SMILES string of the molecule is CN1CCN(c2ccc(-c3nc(C(=O)Nc4ccc(Oc5ccccc5)cc4)cs3)cc2)CC1. The van der Waals surface area contributed by atoms with E-state index in [-0.39, 0.29) is 5.91 Å². The number of benzene rings is 3. The van der Waals surface area contributed by atoms with Crippen LogP contribution in [0.2, 0.25) is 0 Å². The van der Waals surface area contributed by atoms with Crippen LogP contribution in [0.4, 0.5) is 11.4 Å². The van der Waals surface area contributed by atoms with E-state index in [1.807, 2.05) is 54.6 Å². The van der Waals surface area contributed by atoms with Crippen LogP contribution in [-0.4, -0.2) is 49.0 Å². The van der Waals surface area contributed by atoms with Crippen LogP contribution < -0.4 is 15.0 Å². The zero-order valence-corrected chi connectivity index (χ0v) is 19.8. The lowest BCUT2D eigenvalue weighted by molar-refractivity contribution is 0.102. The Bertz CT molecular complexity index is 1230. The van der Waals surface area contributed by atoms with E-state index in [9.17, 15) is 4.79 Å². The van der Waals surface area contributed by atoms with Crippen molar-refractivity contribution in [2.45, 2.75) is 0 Å². The Kier molecular flexibility index (Phi) is 6.56. The average molecular weight is 471 g/mol. The summed E-state index contributed by atoms with van der Waals surface area (Å²) in [5, 5.41) is 5.54. The molecule has 3 aromatic carbocycles. The first kappa shape index (κ1) is 22.1. The summed E-state index contributed by atoms with van der Waals surface area (Å²) in [6.45, 7) is 4.23. The summed E-state index contributed by atoms with van der Waals surface area (Å²) in [4.78, 5) is 22.0. The quantitative estimate of drug-likeness (QED) is 0.397. The Hall–Kier alpha value is -3.68. The molecule has 0 unspecified atom stereocenters. The van der Waals surface area contributed by atoms with Crippen molar-refractivity contribution in [3.05, 3.63) is 89.9 Å². The molecular formula is C27H26N4O2S. The summed E-state index contributed by atoms with van der Waals surface area (Å²) in [5.41, 5.74) is 3.35. The minimum absolute atomic E-state index is 0.228. The lowest BCUT2D eigenvalue weighted by Gasteiger charge is -2.34. The summed E-state index contributed by atoms with van der Waals surface area (Å²) in [6, 6.07) is 25.3. The molecule has 6 nitrogen and oxygen atoms in total. The molecule has 1 fully saturated rings. The highest BCUT2D eigenvalue weighted by atomic mass is 32.1. The molecule has 1 aromatic heterocycles. The Morgan fingerprint density at radius 3 is 2.26 bits per heavy atom. The average Bonchev–Trinajstić information content (AvgIpc) is 3.37. The monoisotopic (exact) mass is 470 g/mol. The fraction of sp³-hybridized carbons (Fsp3) is 0.185. The van der Waals surface area contributed by atoms with Crippen molar-refractivity contribution in [1.29, 1.82) is 0 Å². The standard InChI is InChI=1S/C27H26N4O2S/c1-30-15-17-31(18-16-30)22-11-7-20(8-12-22)27-29-25(19-34-27)26(32)28-21-9-13-24(14-10-21)33-23-5-3-2-4-6-23/h2-14,19H,15-18H2,1H3,(H,28,32). The third kappa shape index (κ3) is 5.27. The molecule has 1 amide bonds. The van der Waals surface area contributed by atoms with Gasteiger partial charge in [-0.2, -0.15) is 0 Å². The number of nitrogens with one attached hydrogen (secondary N) is 1. The molecule has 0 bridgehead atoms.